The van der Waals surface area contributed by atoms with Gasteiger partial charge in [-0.05, 0) is 37.2 Å². The van der Waals surface area contributed by atoms with Crippen molar-refractivity contribution >= 4 is 34.3 Å². The number of ether oxygens (including phenoxy) is 1. The van der Waals surface area contributed by atoms with E-state index in [1.165, 1.54) is 7.11 Å². The minimum absolute atomic E-state index is 0.0527. The summed E-state index contributed by atoms with van der Waals surface area (Å²) in [5.74, 6) is 1.25. The van der Waals surface area contributed by atoms with Crippen molar-refractivity contribution < 1.29 is 27.4 Å². The number of alkyl halides is 3. The molecule has 0 radical (unpaired) electrons. The van der Waals surface area contributed by atoms with Gasteiger partial charge in [0.25, 0.3) is 0 Å². The third kappa shape index (κ3) is 5.25. The van der Waals surface area contributed by atoms with E-state index >= 15 is 0 Å². The molecule has 1 saturated carbocycles. The smallest absolute Gasteiger partial charge is 0.405 e. The van der Waals surface area contributed by atoms with Gasteiger partial charge in [-0.15, -0.1) is 0 Å². The first-order chi connectivity index (χ1) is 16.5. The second-order valence-electron chi connectivity index (χ2n) is 8.96. The quantitative estimate of drug-likeness (QED) is 0.366. The molecule has 3 aromatic heterocycles. The third-order valence-electron chi connectivity index (χ3n) is 6.73. The molecule has 4 unspecified atom stereocenters. The molecule has 1 aliphatic rings. The fraction of sp³-hybridized carbons (Fsp3) is 0.522. The standard InChI is InChI=1S/C23H27ClF3N5O3/c1-10-11(2)15(5-14(10)8-33)30-21-18(20(24)31-22(32-21)28-9-23(25,26)27)16-6-13-7-17(34-4)29-12(3)19(13)35-16/h6-7,10-11,14-15,33H,5,8-9H2,1-4H3,(H2,28,30,31,32). The van der Waals surface area contributed by atoms with Crippen LogP contribution >= 0.6 is 11.6 Å². The Morgan fingerprint density at radius 2 is 1.94 bits per heavy atom. The first-order valence-corrected chi connectivity index (χ1v) is 11.6. The molecule has 4 atom stereocenters. The number of aliphatic hydroxyl groups excluding tert-OH is 1. The van der Waals surface area contributed by atoms with Gasteiger partial charge in [0.15, 0.2) is 5.58 Å². The van der Waals surface area contributed by atoms with E-state index in [4.69, 9.17) is 20.8 Å². The lowest BCUT2D eigenvalue weighted by atomic mass is 9.92. The number of methoxy groups -OCH3 is 1. The summed E-state index contributed by atoms with van der Waals surface area (Å²) in [7, 11) is 1.51. The molecule has 0 aliphatic heterocycles. The first-order valence-electron chi connectivity index (χ1n) is 11.2. The van der Waals surface area contributed by atoms with Gasteiger partial charge in [0.1, 0.15) is 23.3 Å². The van der Waals surface area contributed by atoms with E-state index in [9.17, 15) is 18.3 Å². The second-order valence-corrected chi connectivity index (χ2v) is 9.31. The zero-order valence-corrected chi connectivity index (χ0v) is 20.5. The van der Waals surface area contributed by atoms with Crippen molar-refractivity contribution in [2.75, 3.05) is 30.9 Å². The minimum atomic E-state index is -4.45. The number of furan rings is 1. The van der Waals surface area contributed by atoms with Gasteiger partial charge in [0.05, 0.1) is 18.4 Å². The van der Waals surface area contributed by atoms with E-state index in [0.29, 0.717) is 40.3 Å². The van der Waals surface area contributed by atoms with Crippen molar-refractivity contribution in [1.29, 1.82) is 0 Å². The number of hydrogen-bond acceptors (Lipinski definition) is 8. The highest BCUT2D eigenvalue weighted by molar-refractivity contribution is 6.32. The SMILES string of the molecule is COc1cc2cc(-c3c(Cl)nc(NCC(F)(F)F)nc3NC3CC(CO)C(C)C3C)oc2c(C)n1. The highest BCUT2D eigenvalue weighted by Crippen LogP contribution is 2.42. The van der Waals surface area contributed by atoms with Crippen molar-refractivity contribution in [3.63, 3.8) is 0 Å². The van der Waals surface area contributed by atoms with Crippen LogP contribution in [0.2, 0.25) is 5.15 Å². The lowest BCUT2D eigenvalue weighted by Gasteiger charge is -2.22. The molecule has 0 spiro atoms. The molecule has 3 N–H and O–H groups in total. The molecule has 0 bridgehead atoms. The second kappa shape index (κ2) is 9.69. The number of aromatic nitrogens is 3. The largest absolute Gasteiger partial charge is 0.481 e. The average Bonchev–Trinajstić information content (AvgIpc) is 3.33. The fourth-order valence-electron chi connectivity index (χ4n) is 4.58. The van der Waals surface area contributed by atoms with Crippen LogP contribution < -0.4 is 15.4 Å². The first kappa shape index (κ1) is 25.3. The molecule has 35 heavy (non-hydrogen) atoms. The molecule has 3 aromatic rings. The molecular weight excluding hydrogens is 487 g/mol. The Kier molecular flexibility index (Phi) is 7.01. The molecule has 0 amide bonds. The predicted molar refractivity (Wildman–Crippen MR) is 127 cm³/mol. The number of halogens is 4. The zero-order chi connectivity index (χ0) is 25.5. The van der Waals surface area contributed by atoms with E-state index in [-0.39, 0.29) is 47.3 Å². The lowest BCUT2D eigenvalue weighted by Crippen LogP contribution is -2.26. The normalized spacial score (nSPS) is 22.5. The van der Waals surface area contributed by atoms with Crippen LogP contribution in [-0.2, 0) is 0 Å². The molecule has 0 saturated heterocycles. The van der Waals surface area contributed by atoms with Gasteiger partial charge >= 0.3 is 6.18 Å². The molecule has 12 heteroatoms. The summed E-state index contributed by atoms with van der Waals surface area (Å²) in [6.07, 6.45) is -3.78. The summed E-state index contributed by atoms with van der Waals surface area (Å²) in [6, 6.07) is 3.36. The van der Waals surface area contributed by atoms with Crippen molar-refractivity contribution in [3.8, 4) is 17.2 Å². The monoisotopic (exact) mass is 513 g/mol. The molecule has 3 heterocycles. The van der Waals surface area contributed by atoms with Gasteiger partial charge in [-0.2, -0.15) is 18.2 Å². The van der Waals surface area contributed by atoms with Gasteiger partial charge in [0.2, 0.25) is 11.8 Å². The highest BCUT2D eigenvalue weighted by Gasteiger charge is 2.38. The summed E-state index contributed by atoms with van der Waals surface area (Å²) < 4.78 is 49.6. The van der Waals surface area contributed by atoms with Gasteiger partial charge in [-0.1, -0.05) is 25.4 Å². The van der Waals surface area contributed by atoms with Crippen LogP contribution in [0.4, 0.5) is 24.9 Å². The van der Waals surface area contributed by atoms with Crippen molar-refractivity contribution in [2.24, 2.45) is 17.8 Å². The Hall–Kier alpha value is -2.79. The maximum absolute atomic E-state index is 12.8. The molecule has 8 nitrogen and oxygen atoms in total. The summed E-state index contributed by atoms with van der Waals surface area (Å²) in [4.78, 5) is 12.7. The average molecular weight is 514 g/mol. The van der Waals surface area contributed by atoms with E-state index in [2.05, 4.69) is 39.4 Å². The maximum Gasteiger partial charge on any atom is 0.405 e. The van der Waals surface area contributed by atoms with Gasteiger partial charge in [-0.25, -0.2) is 9.97 Å². The molecule has 1 aliphatic carbocycles. The zero-order valence-electron chi connectivity index (χ0n) is 19.7. The van der Waals surface area contributed by atoms with E-state index in [0.717, 1.165) is 0 Å². The van der Waals surface area contributed by atoms with Crippen LogP contribution in [0.5, 0.6) is 5.88 Å². The summed E-state index contributed by atoms with van der Waals surface area (Å²) in [5.41, 5.74) is 1.45. The lowest BCUT2D eigenvalue weighted by molar-refractivity contribution is -0.115. The Morgan fingerprint density at radius 3 is 2.57 bits per heavy atom. The fourth-order valence-corrected chi connectivity index (χ4v) is 4.84. The number of fused-ring (bicyclic) bond motifs is 1. The predicted octanol–water partition coefficient (Wildman–Crippen LogP) is 5.29. The van der Waals surface area contributed by atoms with Crippen LogP contribution in [0.15, 0.2) is 16.5 Å². The van der Waals surface area contributed by atoms with Gasteiger partial charge in [-0.3, -0.25) is 0 Å². The number of anilines is 2. The number of aryl methyl sites for hydroxylation is 1. The summed E-state index contributed by atoms with van der Waals surface area (Å²) >= 11 is 6.50. The molecular formula is C23H27ClF3N5O3. The van der Waals surface area contributed by atoms with Crippen LogP contribution in [-0.4, -0.2) is 52.5 Å². The van der Waals surface area contributed by atoms with Crippen LogP contribution in [0.25, 0.3) is 22.3 Å². The minimum Gasteiger partial charge on any atom is -0.481 e. The maximum atomic E-state index is 12.8. The third-order valence-corrected chi connectivity index (χ3v) is 7.01. The van der Waals surface area contributed by atoms with Gasteiger partial charge < -0.3 is 24.9 Å². The van der Waals surface area contributed by atoms with E-state index < -0.39 is 12.7 Å². The van der Waals surface area contributed by atoms with E-state index in [1.54, 1.807) is 19.1 Å². The summed E-state index contributed by atoms with van der Waals surface area (Å²) in [6.45, 7) is 4.65. The van der Waals surface area contributed by atoms with Crippen molar-refractivity contribution in [3.05, 3.63) is 23.0 Å². The topological polar surface area (TPSA) is 105 Å². The van der Waals surface area contributed by atoms with Crippen molar-refractivity contribution in [1.82, 2.24) is 15.0 Å². The number of pyridine rings is 1. The Labute approximate surface area is 205 Å². The molecule has 0 aromatic carbocycles. The Bertz CT molecular complexity index is 1220. The highest BCUT2D eigenvalue weighted by atomic mass is 35.5. The number of nitrogens with zero attached hydrogens (tertiary/aromatic N) is 3. The summed E-state index contributed by atoms with van der Waals surface area (Å²) in [5, 5.41) is 15.9. The Morgan fingerprint density at radius 1 is 1.20 bits per heavy atom. The number of aliphatic hydroxyl groups is 1. The molecule has 1 fully saturated rings. The number of nitrogens with one attached hydrogen (secondary N) is 2. The molecule has 190 valence electrons. The molecule has 4 rings (SSSR count). The van der Waals surface area contributed by atoms with Crippen molar-refractivity contribution in [2.45, 2.75) is 39.4 Å². The Balaban J connectivity index is 1.78. The van der Waals surface area contributed by atoms with Crippen LogP contribution in [0.3, 0.4) is 0 Å². The van der Waals surface area contributed by atoms with Crippen LogP contribution in [0, 0.1) is 24.7 Å². The van der Waals surface area contributed by atoms with E-state index in [1.807, 2.05) is 0 Å². The number of hydrogen-bond donors (Lipinski definition) is 3. The van der Waals surface area contributed by atoms with Crippen LogP contribution in [0.1, 0.15) is 26.0 Å². The number of rotatable bonds is 7. The van der Waals surface area contributed by atoms with Gasteiger partial charge in [0, 0.05) is 24.1 Å².